The summed E-state index contributed by atoms with van der Waals surface area (Å²) in [5, 5.41) is 7.51. The Hall–Kier alpha value is -1.93. The Morgan fingerprint density at radius 2 is 1.86 bits per heavy atom. The normalized spacial score (nSPS) is 12.5. The van der Waals surface area contributed by atoms with Crippen LogP contribution in [0.5, 0.6) is 0 Å². The predicted octanol–water partition coefficient (Wildman–Crippen LogP) is 1.39. The molecular formula is C14H20N2O5S. The summed E-state index contributed by atoms with van der Waals surface area (Å²) in [6.07, 6.45) is 0.924. The van der Waals surface area contributed by atoms with Gasteiger partial charge in [0.25, 0.3) is 5.91 Å². The van der Waals surface area contributed by atoms with Crippen molar-refractivity contribution < 1.29 is 22.7 Å². The molecule has 7 nitrogen and oxygen atoms in total. The summed E-state index contributed by atoms with van der Waals surface area (Å²) < 4.78 is 27.2. The molecule has 8 heteroatoms. The molecule has 0 aliphatic heterocycles. The van der Waals surface area contributed by atoms with Gasteiger partial charge in [-0.1, -0.05) is 13.3 Å². The van der Waals surface area contributed by atoms with E-state index in [4.69, 9.17) is 9.88 Å². The molecule has 0 radical (unpaired) electrons. The number of esters is 1. The number of carbonyl (C=O) groups is 2. The first kappa shape index (κ1) is 18.1. The maximum atomic E-state index is 11.9. The molecule has 0 saturated heterocycles. The lowest BCUT2D eigenvalue weighted by Gasteiger charge is -2.13. The van der Waals surface area contributed by atoms with E-state index in [0.717, 1.165) is 6.42 Å². The molecule has 122 valence electrons. The quantitative estimate of drug-likeness (QED) is 0.734. The van der Waals surface area contributed by atoms with Gasteiger partial charge in [0.05, 0.1) is 4.90 Å². The van der Waals surface area contributed by atoms with E-state index in [0.29, 0.717) is 12.1 Å². The number of unbranched alkanes of at least 4 members (excludes halogenated alkanes) is 1. The second-order valence-corrected chi connectivity index (χ2v) is 6.36. The monoisotopic (exact) mass is 328 g/mol. The van der Waals surface area contributed by atoms with Gasteiger partial charge in [-0.2, -0.15) is 0 Å². The summed E-state index contributed by atoms with van der Waals surface area (Å²) in [7, 11) is -3.77. The van der Waals surface area contributed by atoms with Gasteiger partial charge in [-0.15, -0.1) is 0 Å². The standard InChI is InChI=1S/C14H20N2O5S/c1-3-4-5-13(17)21-10(2)14(18)16-11-6-8-12(9-7-11)22(15,19)20/h6-10H,3-5H2,1-2H3,(H,16,18)(H2,15,19,20)/t10-/m0/s1. The molecular weight excluding hydrogens is 308 g/mol. The lowest BCUT2D eigenvalue weighted by atomic mass is 10.2. The molecule has 0 spiro atoms. The molecule has 0 aliphatic carbocycles. The zero-order valence-corrected chi connectivity index (χ0v) is 13.4. The SMILES string of the molecule is CCCCC(=O)O[C@@H](C)C(=O)Nc1ccc(S(N)(=O)=O)cc1. The maximum Gasteiger partial charge on any atom is 0.306 e. The van der Waals surface area contributed by atoms with Crippen LogP contribution in [0.4, 0.5) is 5.69 Å². The van der Waals surface area contributed by atoms with Crippen LogP contribution in [0.3, 0.4) is 0 Å². The first-order chi connectivity index (χ1) is 10.2. The van der Waals surface area contributed by atoms with Gasteiger partial charge in [0.15, 0.2) is 6.10 Å². The average molecular weight is 328 g/mol. The zero-order chi connectivity index (χ0) is 16.8. The number of amides is 1. The van der Waals surface area contributed by atoms with Gasteiger partial charge in [-0.25, -0.2) is 13.6 Å². The second kappa shape index (κ2) is 7.90. The Morgan fingerprint density at radius 3 is 2.36 bits per heavy atom. The fourth-order valence-electron chi connectivity index (χ4n) is 1.60. The van der Waals surface area contributed by atoms with Crippen LogP contribution in [-0.4, -0.2) is 26.4 Å². The topological polar surface area (TPSA) is 116 Å². The summed E-state index contributed by atoms with van der Waals surface area (Å²) >= 11 is 0. The minimum absolute atomic E-state index is 0.0514. The van der Waals surface area contributed by atoms with E-state index in [1.54, 1.807) is 0 Å². The number of carbonyl (C=O) groups excluding carboxylic acids is 2. The summed E-state index contributed by atoms with van der Waals surface area (Å²) in [4.78, 5) is 23.3. The number of nitrogens with one attached hydrogen (secondary N) is 1. The minimum atomic E-state index is -3.77. The van der Waals surface area contributed by atoms with Crippen molar-refractivity contribution in [1.82, 2.24) is 0 Å². The molecule has 0 aromatic heterocycles. The Kier molecular flexibility index (Phi) is 6.51. The van der Waals surface area contributed by atoms with Crippen molar-refractivity contribution in [2.24, 2.45) is 5.14 Å². The third-order valence-corrected chi connectivity index (χ3v) is 3.79. The molecule has 0 bridgehead atoms. The van der Waals surface area contributed by atoms with Crippen molar-refractivity contribution in [3.05, 3.63) is 24.3 Å². The van der Waals surface area contributed by atoms with Gasteiger partial charge in [0.1, 0.15) is 0 Å². The van der Waals surface area contributed by atoms with E-state index in [2.05, 4.69) is 5.32 Å². The van der Waals surface area contributed by atoms with Crippen molar-refractivity contribution in [3.8, 4) is 0 Å². The van der Waals surface area contributed by atoms with Gasteiger partial charge < -0.3 is 10.1 Å². The van der Waals surface area contributed by atoms with Crippen LogP contribution in [0, 0.1) is 0 Å². The van der Waals surface area contributed by atoms with E-state index < -0.39 is 28.0 Å². The van der Waals surface area contributed by atoms with Crippen LogP contribution in [0.2, 0.25) is 0 Å². The average Bonchev–Trinajstić information content (AvgIpc) is 2.44. The van der Waals surface area contributed by atoms with Crippen LogP contribution >= 0.6 is 0 Å². The van der Waals surface area contributed by atoms with Crippen molar-refractivity contribution in [3.63, 3.8) is 0 Å². The van der Waals surface area contributed by atoms with Gasteiger partial charge in [-0.3, -0.25) is 9.59 Å². The van der Waals surface area contributed by atoms with Crippen LogP contribution in [-0.2, 0) is 24.3 Å². The number of hydrogen-bond acceptors (Lipinski definition) is 5. The molecule has 1 rings (SSSR count). The lowest BCUT2D eigenvalue weighted by molar-refractivity contribution is -0.153. The van der Waals surface area contributed by atoms with Gasteiger partial charge in [0, 0.05) is 12.1 Å². The van der Waals surface area contributed by atoms with Gasteiger partial charge in [-0.05, 0) is 37.6 Å². The van der Waals surface area contributed by atoms with Crippen LogP contribution in [0.15, 0.2) is 29.2 Å². The number of anilines is 1. The Morgan fingerprint density at radius 1 is 1.27 bits per heavy atom. The first-order valence-corrected chi connectivity index (χ1v) is 8.42. The molecule has 1 aromatic carbocycles. The van der Waals surface area contributed by atoms with Crippen molar-refractivity contribution >= 4 is 27.6 Å². The summed E-state index contributed by atoms with van der Waals surface area (Å²) in [5.41, 5.74) is 0.383. The van der Waals surface area contributed by atoms with Gasteiger partial charge >= 0.3 is 5.97 Å². The van der Waals surface area contributed by atoms with Crippen molar-refractivity contribution in [1.29, 1.82) is 0 Å². The number of primary sulfonamides is 1. The van der Waals surface area contributed by atoms with Crippen molar-refractivity contribution in [2.75, 3.05) is 5.32 Å². The molecule has 22 heavy (non-hydrogen) atoms. The second-order valence-electron chi connectivity index (χ2n) is 4.79. The van der Waals surface area contributed by atoms with E-state index in [1.807, 2.05) is 6.92 Å². The Balaban J connectivity index is 2.59. The fourth-order valence-corrected chi connectivity index (χ4v) is 2.12. The molecule has 0 heterocycles. The van der Waals surface area contributed by atoms with Crippen LogP contribution < -0.4 is 10.5 Å². The molecule has 0 aliphatic rings. The molecule has 1 atom stereocenters. The highest BCUT2D eigenvalue weighted by Crippen LogP contribution is 2.13. The highest BCUT2D eigenvalue weighted by atomic mass is 32.2. The summed E-state index contributed by atoms with van der Waals surface area (Å²) in [6, 6.07) is 5.37. The summed E-state index contributed by atoms with van der Waals surface area (Å²) in [5.74, 6) is -0.915. The molecule has 0 fully saturated rings. The third-order valence-electron chi connectivity index (χ3n) is 2.86. The van der Waals surface area contributed by atoms with E-state index >= 15 is 0 Å². The fraction of sp³-hybridized carbons (Fsp3) is 0.429. The number of nitrogens with two attached hydrogens (primary N) is 1. The molecule has 1 aromatic rings. The Labute approximate surface area is 129 Å². The molecule has 1 amide bonds. The third kappa shape index (κ3) is 5.82. The number of ether oxygens (including phenoxy) is 1. The van der Waals surface area contributed by atoms with E-state index in [9.17, 15) is 18.0 Å². The lowest BCUT2D eigenvalue weighted by Crippen LogP contribution is -2.29. The van der Waals surface area contributed by atoms with E-state index in [1.165, 1.54) is 31.2 Å². The van der Waals surface area contributed by atoms with Crippen molar-refractivity contribution in [2.45, 2.75) is 44.1 Å². The van der Waals surface area contributed by atoms with Crippen LogP contribution in [0.1, 0.15) is 33.1 Å². The number of sulfonamides is 1. The molecule has 0 saturated carbocycles. The summed E-state index contributed by atoms with van der Waals surface area (Å²) in [6.45, 7) is 3.42. The van der Waals surface area contributed by atoms with E-state index in [-0.39, 0.29) is 11.3 Å². The smallest absolute Gasteiger partial charge is 0.306 e. The maximum absolute atomic E-state index is 11.9. The first-order valence-electron chi connectivity index (χ1n) is 6.87. The Bertz CT molecular complexity index is 625. The predicted molar refractivity (Wildman–Crippen MR) is 81.5 cm³/mol. The highest BCUT2D eigenvalue weighted by Gasteiger charge is 2.17. The number of hydrogen-bond donors (Lipinski definition) is 2. The largest absolute Gasteiger partial charge is 0.453 e. The zero-order valence-electron chi connectivity index (χ0n) is 12.5. The number of benzene rings is 1. The molecule has 3 N–H and O–H groups in total. The highest BCUT2D eigenvalue weighted by molar-refractivity contribution is 7.89. The minimum Gasteiger partial charge on any atom is -0.453 e. The molecule has 0 unspecified atom stereocenters. The van der Waals surface area contributed by atoms with Gasteiger partial charge in [0.2, 0.25) is 10.0 Å². The number of rotatable bonds is 7. The van der Waals surface area contributed by atoms with Crippen LogP contribution in [0.25, 0.3) is 0 Å².